The Kier molecular flexibility index (Phi) is 5.10. The van der Waals surface area contributed by atoms with Gasteiger partial charge in [-0.15, -0.1) is 22.7 Å². The van der Waals surface area contributed by atoms with Crippen molar-refractivity contribution in [2.45, 2.75) is 33.9 Å². The van der Waals surface area contributed by atoms with Crippen molar-refractivity contribution in [3.05, 3.63) is 56.0 Å². The van der Waals surface area contributed by atoms with Crippen LogP contribution < -0.4 is 10.9 Å². The molecule has 0 fully saturated rings. The van der Waals surface area contributed by atoms with Gasteiger partial charge in [0.1, 0.15) is 11.6 Å². The van der Waals surface area contributed by atoms with E-state index in [0.29, 0.717) is 17.8 Å². The number of nitrogens with one attached hydrogen (secondary N) is 1. The molecular formula is C17H18N4O2S2. The van der Waals surface area contributed by atoms with Crippen LogP contribution in [-0.4, -0.2) is 20.4 Å². The van der Waals surface area contributed by atoms with E-state index < -0.39 is 0 Å². The molecule has 1 N–H and O–H groups in total. The summed E-state index contributed by atoms with van der Waals surface area (Å²) in [6.45, 7) is 5.79. The van der Waals surface area contributed by atoms with Crippen molar-refractivity contribution in [2.75, 3.05) is 0 Å². The molecule has 0 aliphatic heterocycles. The number of thiophene rings is 1. The Bertz CT molecular complexity index is 958. The van der Waals surface area contributed by atoms with Gasteiger partial charge in [0.25, 0.3) is 5.56 Å². The highest BCUT2D eigenvalue weighted by Gasteiger charge is 2.12. The number of carbonyl (C=O) groups excluding carboxylic acids is 1. The number of aryl methyl sites for hydroxylation is 2. The molecule has 0 spiro atoms. The minimum Gasteiger partial charge on any atom is -0.350 e. The monoisotopic (exact) mass is 374 g/mol. The number of nitrogens with zero attached hydrogens (tertiary/aromatic N) is 3. The van der Waals surface area contributed by atoms with E-state index in [2.05, 4.69) is 15.3 Å². The summed E-state index contributed by atoms with van der Waals surface area (Å²) in [6, 6.07) is 4.03. The van der Waals surface area contributed by atoms with Crippen LogP contribution in [-0.2, 0) is 17.9 Å². The van der Waals surface area contributed by atoms with E-state index in [9.17, 15) is 9.59 Å². The van der Waals surface area contributed by atoms with Crippen LogP contribution in [0.3, 0.4) is 0 Å². The summed E-state index contributed by atoms with van der Waals surface area (Å²) in [4.78, 5) is 35.1. The van der Waals surface area contributed by atoms with Crippen molar-refractivity contribution in [1.82, 2.24) is 19.9 Å². The van der Waals surface area contributed by atoms with Crippen molar-refractivity contribution in [3.8, 4) is 9.88 Å². The fourth-order valence-corrected chi connectivity index (χ4v) is 4.07. The third-order valence-corrected chi connectivity index (χ3v) is 6.10. The maximum atomic E-state index is 12.2. The summed E-state index contributed by atoms with van der Waals surface area (Å²) in [7, 11) is 0. The molecule has 0 unspecified atom stereocenters. The lowest BCUT2D eigenvalue weighted by atomic mass is 10.3. The summed E-state index contributed by atoms with van der Waals surface area (Å²) in [5.41, 5.74) is 1.98. The minimum absolute atomic E-state index is 0.0391. The molecular weight excluding hydrogens is 356 g/mol. The molecule has 25 heavy (non-hydrogen) atoms. The van der Waals surface area contributed by atoms with E-state index in [4.69, 9.17) is 0 Å². The van der Waals surface area contributed by atoms with Crippen LogP contribution in [0.15, 0.2) is 28.6 Å². The van der Waals surface area contributed by atoms with Crippen molar-refractivity contribution in [3.63, 3.8) is 0 Å². The van der Waals surface area contributed by atoms with Crippen LogP contribution in [0, 0.1) is 20.8 Å². The van der Waals surface area contributed by atoms with Gasteiger partial charge in [-0.3, -0.25) is 14.2 Å². The van der Waals surface area contributed by atoms with Crippen LogP contribution in [0.4, 0.5) is 0 Å². The van der Waals surface area contributed by atoms with Crippen molar-refractivity contribution in [1.29, 1.82) is 0 Å². The number of amides is 1. The number of hydrogen-bond donors (Lipinski definition) is 1. The molecule has 0 radical (unpaired) electrons. The lowest BCUT2D eigenvalue weighted by Crippen LogP contribution is -2.33. The van der Waals surface area contributed by atoms with E-state index in [1.807, 2.05) is 24.4 Å². The SMILES string of the molecule is Cc1nc(-c2cccs2)sc1CNC(=O)Cn1cnc(C)c(C)c1=O. The van der Waals surface area contributed by atoms with Crippen molar-refractivity contribution >= 4 is 28.6 Å². The highest BCUT2D eigenvalue weighted by Crippen LogP contribution is 2.30. The van der Waals surface area contributed by atoms with Crippen molar-refractivity contribution < 1.29 is 4.79 Å². The molecule has 0 aliphatic rings. The molecule has 8 heteroatoms. The van der Waals surface area contributed by atoms with Crippen LogP contribution in [0.1, 0.15) is 21.8 Å². The fraction of sp³-hybridized carbons (Fsp3) is 0.294. The Morgan fingerprint density at radius 3 is 2.80 bits per heavy atom. The summed E-state index contributed by atoms with van der Waals surface area (Å²) in [6.07, 6.45) is 1.41. The zero-order chi connectivity index (χ0) is 18.0. The van der Waals surface area contributed by atoms with Crippen LogP contribution >= 0.6 is 22.7 Å². The average Bonchev–Trinajstić information content (AvgIpc) is 3.23. The van der Waals surface area contributed by atoms with Gasteiger partial charge in [-0.1, -0.05) is 6.07 Å². The lowest BCUT2D eigenvalue weighted by Gasteiger charge is -2.08. The number of hydrogen-bond acceptors (Lipinski definition) is 6. The predicted molar refractivity (Wildman–Crippen MR) is 100.0 cm³/mol. The van der Waals surface area contributed by atoms with Gasteiger partial charge >= 0.3 is 0 Å². The number of thiazole rings is 1. The largest absolute Gasteiger partial charge is 0.350 e. The maximum Gasteiger partial charge on any atom is 0.256 e. The van der Waals surface area contributed by atoms with Gasteiger partial charge in [-0.2, -0.15) is 0 Å². The van der Waals surface area contributed by atoms with Crippen LogP contribution in [0.25, 0.3) is 9.88 Å². The first-order valence-electron chi connectivity index (χ1n) is 7.75. The Balaban J connectivity index is 1.65. The quantitative estimate of drug-likeness (QED) is 0.745. The highest BCUT2D eigenvalue weighted by atomic mass is 32.1. The third-order valence-electron chi connectivity index (χ3n) is 3.90. The van der Waals surface area contributed by atoms with E-state index in [-0.39, 0.29) is 18.0 Å². The Morgan fingerprint density at radius 1 is 1.28 bits per heavy atom. The van der Waals surface area contributed by atoms with Gasteiger partial charge in [0.2, 0.25) is 5.91 Å². The fourth-order valence-electron chi connectivity index (χ4n) is 2.28. The van der Waals surface area contributed by atoms with Gasteiger partial charge in [0.15, 0.2) is 0 Å². The molecule has 0 saturated heterocycles. The normalized spacial score (nSPS) is 10.8. The first-order valence-corrected chi connectivity index (χ1v) is 9.45. The molecule has 0 bridgehead atoms. The number of carbonyl (C=O) groups is 1. The molecule has 1 amide bonds. The number of rotatable bonds is 5. The third kappa shape index (κ3) is 3.85. The molecule has 3 aromatic rings. The predicted octanol–water partition coefficient (Wildman–Crippen LogP) is 2.67. The van der Waals surface area contributed by atoms with E-state index >= 15 is 0 Å². The van der Waals surface area contributed by atoms with Crippen LogP contribution in [0.5, 0.6) is 0 Å². The minimum atomic E-state index is -0.224. The second kappa shape index (κ2) is 7.28. The first kappa shape index (κ1) is 17.5. The Labute approximate surface area is 153 Å². The molecule has 3 rings (SSSR count). The average molecular weight is 374 g/mol. The standard InChI is InChI=1S/C17H18N4O2S2/c1-10-11(2)19-9-21(17(10)23)8-15(22)18-7-14-12(3)20-16(25-14)13-5-4-6-24-13/h4-6,9H,7-8H2,1-3H3,(H,18,22). The molecule has 0 saturated carbocycles. The summed E-state index contributed by atoms with van der Waals surface area (Å²) in [5.74, 6) is -0.224. The van der Waals surface area contributed by atoms with Gasteiger partial charge < -0.3 is 5.32 Å². The Morgan fingerprint density at radius 2 is 2.08 bits per heavy atom. The van der Waals surface area contributed by atoms with Crippen LogP contribution in [0.2, 0.25) is 0 Å². The first-order chi connectivity index (χ1) is 12.0. The van der Waals surface area contributed by atoms with Gasteiger partial charge in [-0.25, -0.2) is 9.97 Å². The lowest BCUT2D eigenvalue weighted by molar-refractivity contribution is -0.121. The zero-order valence-corrected chi connectivity index (χ0v) is 15.8. The summed E-state index contributed by atoms with van der Waals surface area (Å²) in [5, 5.41) is 5.84. The van der Waals surface area contributed by atoms with Crippen molar-refractivity contribution in [2.24, 2.45) is 0 Å². The van der Waals surface area contributed by atoms with Gasteiger partial charge in [0.05, 0.1) is 23.4 Å². The zero-order valence-electron chi connectivity index (χ0n) is 14.2. The topological polar surface area (TPSA) is 76.9 Å². The molecule has 0 aliphatic carbocycles. The van der Waals surface area contributed by atoms with Gasteiger partial charge in [0, 0.05) is 16.1 Å². The molecule has 3 aromatic heterocycles. The smallest absolute Gasteiger partial charge is 0.256 e. The molecule has 6 nitrogen and oxygen atoms in total. The molecule has 0 aromatic carbocycles. The summed E-state index contributed by atoms with van der Waals surface area (Å²) < 4.78 is 1.33. The second-order valence-corrected chi connectivity index (χ2v) is 7.70. The van der Waals surface area contributed by atoms with E-state index in [1.54, 1.807) is 36.5 Å². The molecule has 130 valence electrons. The van der Waals surface area contributed by atoms with E-state index in [1.165, 1.54) is 10.9 Å². The maximum absolute atomic E-state index is 12.2. The molecule has 0 atom stereocenters. The van der Waals surface area contributed by atoms with Gasteiger partial charge in [-0.05, 0) is 32.2 Å². The molecule has 3 heterocycles. The summed E-state index contributed by atoms with van der Waals surface area (Å²) >= 11 is 3.22. The Hall–Kier alpha value is -2.32. The number of aromatic nitrogens is 3. The highest BCUT2D eigenvalue weighted by molar-refractivity contribution is 7.21. The second-order valence-electron chi connectivity index (χ2n) is 5.67. The van der Waals surface area contributed by atoms with E-state index in [0.717, 1.165) is 20.5 Å².